The molecule has 0 aliphatic carbocycles. The monoisotopic (exact) mass is 349 g/mol. The molecule has 0 bridgehead atoms. The van der Waals surface area contributed by atoms with Crippen LogP contribution >= 0.6 is 11.3 Å². The van der Waals surface area contributed by atoms with Crippen LogP contribution in [0.3, 0.4) is 0 Å². The molecule has 0 unspecified atom stereocenters. The first kappa shape index (κ1) is 15.8. The van der Waals surface area contributed by atoms with E-state index in [4.69, 9.17) is 0 Å². The third-order valence-corrected chi connectivity index (χ3v) is 5.36. The van der Waals surface area contributed by atoms with Gasteiger partial charge in [-0.25, -0.2) is 15.0 Å². The van der Waals surface area contributed by atoms with Crippen molar-refractivity contribution in [2.75, 3.05) is 11.9 Å². The molecular formula is C19H19N5S. The number of H-pyrrole nitrogens is 1. The fraction of sp³-hybridized carbons (Fsp3) is 0.211. The average Bonchev–Trinajstić information content (AvgIpc) is 3.26. The molecule has 0 spiro atoms. The molecule has 1 N–H and O–H groups in total. The molecule has 0 aliphatic heterocycles. The van der Waals surface area contributed by atoms with E-state index in [1.165, 1.54) is 22.3 Å². The third-order valence-electron chi connectivity index (χ3n) is 4.47. The van der Waals surface area contributed by atoms with Crippen molar-refractivity contribution in [3.63, 3.8) is 0 Å². The van der Waals surface area contributed by atoms with Gasteiger partial charge in [0.05, 0.1) is 11.9 Å². The van der Waals surface area contributed by atoms with Gasteiger partial charge in [0.2, 0.25) is 0 Å². The number of aromatic amines is 1. The van der Waals surface area contributed by atoms with Crippen LogP contribution in [0, 0.1) is 13.8 Å². The third kappa shape index (κ3) is 2.89. The lowest BCUT2D eigenvalue weighted by molar-refractivity contribution is 0.846. The lowest BCUT2D eigenvalue weighted by Gasteiger charge is -2.18. The van der Waals surface area contributed by atoms with E-state index in [0.29, 0.717) is 6.54 Å². The van der Waals surface area contributed by atoms with E-state index in [9.17, 15) is 0 Å². The van der Waals surface area contributed by atoms with Crippen LogP contribution in [0.25, 0.3) is 21.3 Å². The van der Waals surface area contributed by atoms with Gasteiger partial charge in [-0.15, -0.1) is 11.3 Å². The second-order valence-electron chi connectivity index (χ2n) is 6.22. The van der Waals surface area contributed by atoms with Gasteiger partial charge in [0.15, 0.2) is 0 Å². The largest absolute Gasteiger partial charge is 0.352 e. The molecule has 3 heterocycles. The number of thiophene rings is 1. The Morgan fingerprint density at radius 1 is 1.12 bits per heavy atom. The van der Waals surface area contributed by atoms with Crippen molar-refractivity contribution in [3.05, 3.63) is 59.3 Å². The molecule has 6 heteroatoms. The first-order valence-electron chi connectivity index (χ1n) is 8.12. The molecule has 0 saturated carbocycles. The molecule has 1 aromatic carbocycles. The van der Waals surface area contributed by atoms with E-state index in [1.807, 2.05) is 13.2 Å². The van der Waals surface area contributed by atoms with Crippen LogP contribution in [-0.4, -0.2) is 27.0 Å². The lowest BCUT2D eigenvalue weighted by atomic mass is 10.0. The molecule has 0 fully saturated rings. The molecule has 4 rings (SSSR count). The van der Waals surface area contributed by atoms with Crippen LogP contribution in [0.5, 0.6) is 0 Å². The molecule has 3 aromatic heterocycles. The summed E-state index contributed by atoms with van der Waals surface area (Å²) in [5.41, 5.74) is 4.98. The quantitative estimate of drug-likeness (QED) is 0.595. The Morgan fingerprint density at radius 3 is 2.76 bits per heavy atom. The van der Waals surface area contributed by atoms with Crippen molar-refractivity contribution in [3.8, 4) is 11.1 Å². The number of imidazole rings is 1. The number of hydrogen-bond acceptors (Lipinski definition) is 5. The average molecular weight is 349 g/mol. The minimum atomic E-state index is 0.668. The number of benzene rings is 1. The zero-order valence-corrected chi connectivity index (χ0v) is 15.3. The van der Waals surface area contributed by atoms with Gasteiger partial charge in [0, 0.05) is 30.4 Å². The van der Waals surface area contributed by atoms with Crippen LogP contribution in [0.4, 0.5) is 5.82 Å². The number of nitrogens with one attached hydrogen (secondary N) is 1. The van der Waals surface area contributed by atoms with Crippen molar-refractivity contribution in [2.24, 2.45) is 0 Å². The van der Waals surface area contributed by atoms with Crippen molar-refractivity contribution >= 4 is 27.4 Å². The number of aromatic nitrogens is 4. The number of aryl methyl sites for hydroxylation is 2. The predicted molar refractivity (Wildman–Crippen MR) is 103 cm³/mol. The minimum Gasteiger partial charge on any atom is -0.352 e. The van der Waals surface area contributed by atoms with E-state index in [-0.39, 0.29) is 0 Å². The molecule has 0 saturated heterocycles. The summed E-state index contributed by atoms with van der Waals surface area (Å²) in [6.45, 7) is 4.95. The molecular weight excluding hydrogens is 330 g/mol. The normalized spacial score (nSPS) is 11.2. The smallest absolute Gasteiger partial charge is 0.141 e. The summed E-state index contributed by atoms with van der Waals surface area (Å²) in [6, 6.07) is 6.58. The van der Waals surface area contributed by atoms with Gasteiger partial charge >= 0.3 is 0 Å². The Morgan fingerprint density at radius 2 is 2.00 bits per heavy atom. The molecule has 0 amide bonds. The Kier molecular flexibility index (Phi) is 3.97. The fourth-order valence-corrected chi connectivity index (χ4v) is 3.86. The zero-order valence-electron chi connectivity index (χ0n) is 14.4. The fourth-order valence-electron chi connectivity index (χ4n) is 2.95. The molecule has 5 nitrogen and oxygen atoms in total. The Labute approximate surface area is 150 Å². The number of hydrogen-bond donors (Lipinski definition) is 1. The highest BCUT2D eigenvalue weighted by Crippen LogP contribution is 2.38. The Hall–Kier alpha value is -2.73. The van der Waals surface area contributed by atoms with E-state index in [2.05, 4.69) is 62.3 Å². The van der Waals surface area contributed by atoms with Crippen LogP contribution < -0.4 is 4.90 Å². The van der Waals surface area contributed by atoms with Crippen LogP contribution in [0.1, 0.15) is 17.0 Å². The predicted octanol–water partition coefficient (Wildman–Crippen LogP) is 4.33. The van der Waals surface area contributed by atoms with Crippen LogP contribution in [0.15, 0.2) is 42.3 Å². The zero-order chi connectivity index (χ0) is 17.4. The SMILES string of the molecule is Cc1ccc(-c2csc3ncnc(N(C)Cc4ncc[nH]4)c23)cc1C. The van der Waals surface area contributed by atoms with Gasteiger partial charge in [-0.05, 0) is 30.5 Å². The van der Waals surface area contributed by atoms with Crippen molar-refractivity contribution in [1.82, 2.24) is 19.9 Å². The van der Waals surface area contributed by atoms with Crippen LogP contribution in [-0.2, 0) is 6.54 Å². The molecule has 0 aliphatic rings. The second-order valence-corrected chi connectivity index (χ2v) is 7.08. The van der Waals surface area contributed by atoms with Gasteiger partial charge in [-0.2, -0.15) is 0 Å². The summed E-state index contributed by atoms with van der Waals surface area (Å²) in [5.74, 6) is 1.84. The Balaban J connectivity index is 1.82. The maximum absolute atomic E-state index is 4.57. The summed E-state index contributed by atoms with van der Waals surface area (Å²) in [6.07, 6.45) is 5.24. The van der Waals surface area contributed by atoms with Gasteiger partial charge in [0.1, 0.15) is 22.8 Å². The van der Waals surface area contributed by atoms with Crippen molar-refractivity contribution < 1.29 is 0 Å². The topological polar surface area (TPSA) is 57.7 Å². The lowest BCUT2D eigenvalue weighted by Crippen LogP contribution is -2.19. The summed E-state index contributed by atoms with van der Waals surface area (Å²) >= 11 is 1.66. The van der Waals surface area contributed by atoms with Crippen molar-refractivity contribution in [1.29, 1.82) is 0 Å². The highest BCUT2D eigenvalue weighted by molar-refractivity contribution is 7.17. The van der Waals surface area contributed by atoms with E-state index in [1.54, 1.807) is 23.9 Å². The molecule has 4 aromatic rings. The van der Waals surface area contributed by atoms with Crippen molar-refractivity contribution in [2.45, 2.75) is 20.4 Å². The standard InChI is InChI=1S/C19H19N5S/c1-12-4-5-14(8-13(12)2)15-10-25-19-17(15)18(22-11-23-19)24(3)9-16-20-6-7-21-16/h4-8,10-11H,9H2,1-3H3,(H,20,21). The summed E-state index contributed by atoms with van der Waals surface area (Å²) in [4.78, 5) is 19.6. The highest BCUT2D eigenvalue weighted by Gasteiger charge is 2.16. The summed E-state index contributed by atoms with van der Waals surface area (Å²) in [7, 11) is 2.03. The number of anilines is 1. The van der Waals surface area contributed by atoms with Crippen LogP contribution in [0.2, 0.25) is 0 Å². The summed E-state index contributed by atoms with van der Waals surface area (Å²) < 4.78 is 0. The number of nitrogens with zero attached hydrogens (tertiary/aromatic N) is 4. The highest BCUT2D eigenvalue weighted by atomic mass is 32.1. The second kappa shape index (κ2) is 6.29. The first-order valence-corrected chi connectivity index (χ1v) is 9.00. The number of fused-ring (bicyclic) bond motifs is 1. The summed E-state index contributed by atoms with van der Waals surface area (Å²) in [5, 5.41) is 3.28. The minimum absolute atomic E-state index is 0.668. The Bertz CT molecular complexity index is 1020. The first-order chi connectivity index (χ1) is 12.1. The van der Waals surface area contributed by atoms with E-state index >= 15 is 0 Å². The maximum Gasteiger partial charge on any atom is 0.141 e. The van der Waals surface area contributed by atoms with Gasteiger partial charge < -0.3 is 9.88 Å². The maximum atomic E-state index is 4.57. The van der Waals surface area contributed by atoms with Gasteiger partial charge in [0.25, 0.3) is 0 Å². The van der Waals surface area contributed by atoms with E-state index < -0.39 is 0 Å². The molecule has 0 radical (unpaired) electrons. The number of rotatable bonds is 4. The molecule has 126 valence electrons. The van der Waals surface area contributed by atoms with Gasteiger partial charge in [-0.3, -0.25) is 0 Å². The van der Waals surface area contributed by atoms with E-state index in [0.717, 1.165) is 21.9 Å². The molecule has 0 atom stereocenters. The van der Waals surface area contributed by atoms with Gasteiger partial charge in [-0.1, -0.05) is 18.2 Å². The molecule has 25 heavy (non-hydrogen) atoms.